The highest BCUT2D eigenvalue weighted by Crippen LogP contribution is 2.27. The molecule has 0 unspecified atom stereocenters. The molecule has 1 fully saturated rings. The van der Waals surface area contributed by atoms with Gasteiger partial charge in [-0.1, -0.05) is 18.5 Å². The number of amides is 1. The van der Waals surface area contributed by atoms with Crippen LogP contribution in [0.15, 0.2) is 18.2 Å². The predicted molar refractivity (Wildman–Crippen MR) is 84.7 cm³/mol. The second-order valence-electron chi connectivity index (χ2n) is 5.73. The fourth-order valence-corrected chi connectivity index (χ4v) is 3.13. The van der Waals surface area contributed by atoms with Crippen LogP contribution in [-0.2, 0) is 0 Å². The van der Waals surface area contributed by atoms with Crippen LogP contribution in [0.25, 0.3) is 0 Å². The molecule has 0 heterocycles. The van der Waals surface area contributed by atoms with E-state index in [1.165, 1.54) is 12.1 Å². The second-order valence-corrected chi connectivity index (χ2v) is 6.14. The Hall–Kier alpha value is -1.26. The van der Waals surface area contributed by atoms with Crippen LogP contribution in [0.1, 0.15) is 49.4 Å². The number of phenols is 1. The normalized spacial score (nSPS) is 22.0. The lowest BCUT2D eigenvalue weighted by Gasteiger charge is -2.36. The average Bonchev–Trinajstić information content (AvgIpc) is 2.48. The lowest BCUT2D eigenvalue weighted by Crippen LogP contribution is -2.44. The summed E-state index contributed by atoms with van der Waals surface area (Å²) in [5.41, 5.74) is 6.32. The van der Waals surface area contributed by atoms with Crippen molar-refractivity contribution >= 4 is 17.5 Å². The highest BCUT2D eigenvalue weighted by Gasteiger charge is 2.28. The van der Waals surface area contributed by atoms with E-state index in [0.29, 0.717) is 17.1 Å². The molecule has 0 atom stereocenters. The van der Waals surface area contributed by atoms with Crippen molar-refractivity contribution in [1.29, 1.82) is 0 Å². The smallest absolute Gasteiger partial charge is 0.255 e. The molecule has 4 nitrogen and oxygen atoms in total. The maximum Gasteiger partial charge on any atom is 0.255 e. The fraction of sp³-hybridized carbons (Fsp3) is 0.562. The van der Waals surface area contributed by atoms with Gasteiger partial charge in [0.2, 0.25) is 0 Å². The van der Waals surface area contributed by atoms with Gasteiger partial charge in [-0.15, -0.1) is 0 Å². The van der Waals surface area contributed by atoms with E-state index in [1.807, 2.05) is 4.90 Å². The molecular weight excluding hydrogens is 288 g/mol. The lowest BCUT2D eigenvalue weighted by molar-refractivity contribution is 0.0626. The molecule has 3 N–H and O–H groups in total. The van der Waals surface area contributed by atoms with Gasteiger partial charge in [-0.25, -0.2) is 0 Å². The van der Waals surface area contributed by atoms with Gasteiger partial charge in [0.1, 0.15) is 5.75 Å². The Morgan fingerprint density at radius 1 is 1.38 bits per heavy atom. The van der Waals surface area contributed by atoms with Crippen LogP contribution < -0.4 is 5.73 Å². The molecule has 0 aromatic heterocycles. The molecule has 1 aromatic carbocycles. The van der Waals surface area contributed by atoms with Crippen LogP contribution in [0.5, 0.6) is 5.75 Å². The topological polar surface area (TPSA) is 66.6 Å². The van der Waals surface area contributed by atoms with E-state index < -0.39 is 0 Å². The van der Waals surface area contributed by atoms with Gasteiger partial charge in [-0.2, -0.15) is 0 Å². The standard InChI is InChI=1S/C16H23ClN2O2/c1-2-9-19(12-5-3-11(18)4-6-12)16(21)14-10-13(20)7-8-15(14)17/h7-8,10-12,20H,2-6,9,18H2,1H3. The van der Waals surface area contributed by atoms with Crippen LogP contribution in [0.3, 0.4) is 0 Å². The molecule has 1 aliphatic rings. The van der Waals surface area contributed by atoms with Crippen molar-refractivity contribution in [2.75, 3.05) is 6.54 Å². The van der Waals surface area contributed by atoms with Crippen molar-refractivity contribution in [1.82, 2.24) is 4.90 Å². The molecule has 0 aliphatic heterocycles. The molecule has 1 aliphatic carbocycles. The van der Waals surface area contributed by atoms with Crippen LogP contribution in [0.4, 0.5) is 0 Å². The van der Waals surface area contributed by atoms with Gasteiger partial charge in [0.25, 0.3) is 5.91 Å². The summed E-state index contributed by atoms with van der Waals surface area (Å²) in [5.74, 6) is -0.0388. The molecule has 0 spiro atoms. The average molecular weight is 311 g/mol. The molecule has 0 bridgehead atoms. The third-order valence-corrected chi connectivity index (χ3v) is 4.42. The maximum atomic E-state index is 12.8. The van der Waals surface area contributed by atoms with Gasteiger partial charge in [0.05, 0.1) is 10.6 Å². The van der Waals surface area contributed by atoms with Gasteiger partial charge < -0.3 is 15.7 Å². The van der Waals surface area contributed by atoms with Crippen LogP contribution in [-0.4, -0.2) is 34.5 Å². The Morgan fingerprint density at radius 3 is 2.67 bits per heavy atom. The highest BCUT2D eigenvalue weighted by molar-refractivity contribution is 6.33. The summed E-state index contributed by atoms with van der Waals surface area (Å²) in [6.45, 7) is 2.75. The number of benzene rings is 1. The quantitative estimate of drug-likeness (QED) is 0.897. The summed E-state index contributed by atoms with van der Waals surface area (Å²) < 4.78 is 0. The van der Waals surface area contributed by atoms with Gasteiger partial charge in [0.15, 0.2) is 0 Å². The zero-order valence-corrected chi connectivity index (χ0v) is 13.1. The molecule has 0 radical (unpaired) electrons. The third-order valence-electron chi connectivity index (χ3n) is 4.09. The molecule has 1 amide bonds. The number of hydrogen-bond acceptors (Lipinski definition) is 3. The van der Waals surface area contributed by atoms with E-state index in [9.17, 15) is 9.90 Å². The van der Waals surface area contributed by atoms with E-state index in [-0.39, 0.29) is 23.7 Å². The van der Waals surface area contributed by atoms with Gasteiger partial charge in [-0.3, -0.25) is 4.79 Å². The molecule has 2 rings (SSSR count). The summed E-state index contributed by atoms with van der Waals surface area (Å²) in [7, 11) is 0. The number of hydrogen-bond donors (Lipinski definition) is 2. The third kappa shape index (κ3) is 3.89. The molecule has 0 saturated heterocycles. The molecule has 21 heavy (non-hydrogen) atoms. The largest absolute Gasteiger partial charge is 0.508 e. The summed E-state index contributed by atoms with van der Waals surface area (Å²) in [6.07, 6.45) is 4.66. The van der Waals surface area contributed by atoms with Crippen molar-refractivity contribution in [2.45, 2.75) is 51.1 Å². The Labute approximate surface area is 130 Å². The summed E-state index contributed by atoms with van der Waals surface area (Å²) in [6, 6.07) is 4.97. The van der Waals surface area contributed by atoms with Crippen molar-refractivity contribution in [3.63, 3.8) is 0 Å². The first-order valence-electron chi connectivity index (χ1n) is 7.58. The zero-order chi connectivity index (χ0) is 15.4. The van der Waals surface area contributed by atoms with Crippen LogP contribution in [0.2, 0.25) is 5.02 Å². The number of rotatable bonds is 4. The Balaban J connectivity index is 2.20. The summed E-state index contributed by atoms with van der Waals surface area (Å²) in [4.78, 5) is 14.7. The van der Waals surface area contributed by atoms with Crippen molar-refractivity contribution < 1.29 is 9.90 Å². The predicted octanol–water partition coefficient (Wildman–Crippen LogP) is 3.17. The molecular formula is C16H23ClN2O2. The molecule has 1 aromatic rings. The minimum Gasteiger partial charge on any atom is -0.508 e. The van der Waals surface area contributed by atoms with E-state index in [1.54, 1.807) is 6.07 Å². The molecule has 1 saturated carbocycles. The Kier molecular flexibility index (Phi) is 5.48. The first-order valence-corrected chi connectivity index (χ1v) is 7.95. The molecule has 116 valence electrons. The summed E-state index contributed by atoms with van der Waals surface area (Å²) in [5, 5.41) is 9.98. The number of carbonyl (C=O) groups excluding carboxylic acids is 1. The number of aromatic hydroxyl groups is 1. The Bertz CT molecular complexity index is 499. The highest BCUT2D eigenvalue weighted by atomic mass is 35.5. The lowest BCUT2D eigenvalue weighted by atomic mass is 9.90. The first kappa shape index (κ1) is 16.1. The van der Waals surface area contributed by atoms with Gasteiger partial charge in [-0.05, 0) is 50.3 Å². The van der Waals surface area contributed by atoms with Crippen LogP contribution >= 0.6 is 11.6 Å². The number of phenolic OH excluding ortho intramolecular Hbond substituents is 1. The second kappa shape index (κ2) is 7.14. The van der Waals surface area contributed by atoms with Crippen molar-refractivity contribution in [2.24, 2.45) is 5.73 Å². The van der Waals surface area contributed by atoms with E-state index >= 15 is 0 Å². The fourth-order valence-electron chi connectivity index (χ4n) is 2.94. The minimum absolute atomic E-state index is 0.0601. The van der Waals surface area contributed by atoms with E-state index in [0.717, 1.165) is 32.1 Å². The van der Waals surface area contributed by atoms with Crippen molar-refractivity contribution in [3.05, 3.63) is 28.8 Å². The number of nitrogens with two attached hydrogens (primary N) is 1. The van der Waals surface area contributed by atoms with E-state index in [2.05, 4.69) is 6.92 Å². The SMILES string of the molecule is CCCN(C(=O)c1cc(O)ccc1Cl)C1CCC(N)CC1. The van der Waals surface area contributed by atoms with Crippen LogP contribution in [0, 0.1) is 0 Å². The minimum atomic E-state index is -0.0989. The van der Waals surface area contributed by atoms with E-state index in [4.69, 9.17) is 17.3 Å². The number of halogens is 1. The monoisotopic (exact) mass is 310 g/mol. The van der Waals surface area contributed by atoms with Gasteiger partial charge in [0, 0.05) is 18.6 Å². The Morgan fingerprint density at radius 2 is 2.05 bits per heavy atom. The first-order chi connectivity index (χ1) is 10.0. The maximum absolute atomic E-state index is 12.8. The summed E-state index contributed by atoms with van der Waals surface area (Å²) >= 11 is 6.12. The molecule has 5 heteroatoms. The zero-order valence-electron chi connectivity index (χ0n) is 12.4. The number of nitrogens with zero attached hydrogens (tertiary/aromatic N) is 1. The van der Waals surface area contributed by atoms with Crippen molar-refractivity contribution in [3.8, 4) is 5.75 Å². The number of carbonyl (C=O) groups is 1. The van der Waals surface area contributed by atoms with Gasteiger partial charge >= 0.3 is 0 Å².